The van der Waals surface area contributed by atoms with E-state index < -0.39 is 5.41 Å². The zero-order valence-corrected chi connectivity index (χ0v) is 10.9. The Hall–Kier alpha value is -2.19. The third-order valence-corrected chi connectivity index (χ3v) is 4.06. The summed E-state index contributed by atoms with van der Waals surface area (Å²) in [6.45, 7) is 0. The van der Waals surface area contributed by atoms with E-state index in [4.69, 9.17) is 5.26 Å². The summed E-state index contributed by atoms with van der Waals surface area (Å²) in [5.41, 5.74) is 0.214. The maximum absolute atomic E-state index is 11.9. The van der Waals surface area contributed by atoms with E-state index in [0.717, 1.165) is 10.6 Å². The van der Waals surface area contributed by atoms with Crippen LogP contribution in [-0.2, 0) is 4.79 Å². The number of carbonyl (C=O) groups is 1. The van der Waals surface area contributed by atoms with Crippen molar-refractivity contribution in [3.8, 4) is 16.6 Å². The van der Waals surface area contributed by atoms with E-state index >= 15 is 0 Å². The molecule has 1 fully saturated rings. The molecule has 4 nitrogen and oxygen atoms in total. The average Bonchev–Trinajstić information content (AvgIpc) is 3.13. The fraction of sp³-hybridized carbons (Fsp3) is 0.214. The zero-order chi connectivity index (χ0) is 13.3. The van der Waals surface area contributed by atoms with Gasteiger partial charge in [-0.1, -0.05) is 30.3 Å². The Morgan fingerprint density at radius 1 is 1.37 bits per heavy atom. The van der Waals surface area contributed by atoms with Gasteiger partial charge >= 0.3 is 0 Å². The second-order valence-electron chi connectivity index (χ2n) is 4.55. The second kappa shape index (κ2) is 4.48. The highest BCUT2D eigenvalue weighted by atomic mass is 32.1. The van der Waals surface area contributed by atoms with E-state index in [1.807, 2.05) is 30.3 Å². The monoisotopic (exact) mass is 269 g/mol. The number of hydrogen-bond acceptors (Lipinski definition) is 4. The minimum Gasteiger partial charge on any atom is -0.309 e. The number of rotatable bonds is 3. The van der Waals surface area contributed by atoms with Crippen LogP contribution in [0.2, 0.25) is 0 Å². The lowest BCUT2D eigenvalue weighted by atomic mass is 10.1. The third kappa shape index (κ3) is 2.23. The minimum atomic E-state index is -0.809. The molecule has 0 saturated heterocycles. The predicted octanol–water partition coefficient (Wildman–Crippen LogP) is 3.05. The quantitative estimate of drug-likeness (QED) is 0.931. The lowest BCUT2D eigenvalue weighted by Crippen LogP contribution is -2.22. The van der Waals surface area contributed by atoms with Gasteiger partial charge in [-0.25, -0.2) is 4.98 Å². The number of nitriles is 1. The minimum absolute atomic E-state index is 0.236. The normalized spacial score (nSPS) is 15.5. The van der Waals surface area contributed by atoms with Crippen molar-refractivity contribution in [3.63, 3.8) is 0 Å². The molecule has 0 atom stereocenters. The number of benzene rings is 1. The maximum Gasteiger partial charge on any atom is 0.246 e. The van der Waals surface area contributed by atoms with E-state index in [1.165, 1.54) is 11.3 Å². The molecule has 94 valence electrons. The van der Waals surface area contributed by atoms with Gasteiger partial charge in [0.05, 0.1) is 6.07 Å². The van der Waals surface area contributed by atoms with Gasteiger partial charge in [0.1, 0.15) is 16.2 Å². The van der Waals surface area contributed by atoms with Crippen LogP contribution in [0.1, 0.15) is 12.8 Å². The van der Waals surface area contributed by atoms with Gasteiger partial charge in [-0.3, -0.25) is 4.79 Å². The summed E-state index contributed by atoms with van der Waals surface area (Å²) in [6.07, 6.45) is 1.29. The zero-order valence-electron chi connectivity index (χ0n) is 10.1. The lowest BCUT2D eigenvalue weighted by molar-refractivity contribution is -0.119. The van der Waals surface area contributed by atoms with Crippen LogP contribution in [0.5, 0.6) is 0 Å². The number of thiazole rings is 1. The molecule has 3 rings (SSSR count). The highest BCUT2D eigenvalue weighted by Gasteiger charge is 2.50. The molecule has 1 aliphatic carbocycles. The van der Waals surface area contributed by atoms with E-state index in [2.05, 4.69) is 16.4 Å². The molecule has 1 N–H and O–H groups in total. The Balaban J connectivity index is 1.76. The van der Waals surface area contributed by atoms with Crippen molar-refractivity contribution in [2.24, 2.45) is 5.41 Å². The molecule has 1 saturated carbocycles. The lowest BCUT2D eigenvalue weighted by Gasteiger charge is -2.04. The number of hydrogen-bond donors (Lipinski definition) is 1. The third-order valence-electron chi connectivity index (χ3n) is 3.17. The van der Waals surface area contributed by atoms with Gasteiger partial charge in [0, 0.05) is 10.9 Å². The molecule has 5 heteroatoms. The first-order chi connectivity index (χ1) is 9.23. The number of nitrogens with one attached hydrogen (secondary N) is 1. The molecule has 1 aliphatic rings. The number of aromatic nitrogens is 1. The Kier molecular flexibility index (Phi) is 2.80. The van der Waals surface area contributed by atoms with Crippen molar-refractivity contribution >= 4 is 23.1 Å². The molecule has 0 radical (unpaired) electrons. The van der Waals surface area contributed by atoms with E-state index in [1.54, 1.807) is 5.38 Å². The standard InChI is InChI=1S/C14H11N3OS/c15-9-14(6-7-14)13(18)17-11-8-19-12(16-11)10-4-2-1-3-5-10/h1-5,8H,6-7H2,(H,17,18). The van der Waals surface area contributed by atoms with Crippen LogP contribution >= 0.6 is 11.3 Å². The van der Waals surface area contributed by atoms with Gasteiger partial charge in [0.15, 0.2) is 0 Å². The summed E-state index contributed by atoms with van der Waals surface area (Å²) < 4.78 is 0. The Morgan fingerprint density at radius 2 is 2.11 bits per heavy atom. The molecule has 1 amide bonds. The molecular weight excluding hydrogens is 258 g/mol. The van der Waals surface area contributed by atoms with Gasteiger partial charge < -0.3 is 5.32 Å². The molecule has 1 heterocycles. The molecule has 0 unspecified atom stereocenters. The Morgan fingerprint density at radius 3 is 2.74 bits per heavy atom. The molecule has 2 aromatic rings. The van der Waals surface area contributed by atoms with Gasteiger partial charge in [-0.2, -0.15) is 5.26 Å². The van der Waals surface area contributed by atoms with Crippen LogP contribution in [0.4, 0.5) is 5.82 Å². The smallest absolute Gasteiger partial charge is 0.246 e. The van der Waals surface area contributed by atoms with Crippen LogP contribution in [0, 0.1) is 16.7 Å². The van der Waals surface area contributed by atoms with Gasteiger partial charge in [0.25, 0.3) is 0 Å². The first-order valence-corrected chi connectivity index (χ1v) is 6.85. The van der Waals surface area contributed by atoms with Crippen molar-refractivity contribution in [3.05, 3.63) is 35.7 Å². The van der Waals surface area contributed by atoms with E-state index in [-0.39, 0.29) is 5.91 Å². The fourth-order valence-electron chi connectivity index (χ4n) is 1.80. The number of anilines is 1. The van der Waals surface area contributed by atoms with Gasteiger partial charge in [0.2, 0.25) is 5.91 Å². The fourth-order valence-corrected chi connectivity index (χ4v) is 2.55. The predicted molar refractivity (Wildman–Crippen MR) is 73.5 cm³/mol. The van der Waals surface area contributed by atoms with Crippen LogP contribution < -0.4 is 5.32 Å². The molecular formula is C14H11N3OS. The van der Waals surface area contributed by atoms with Crippen LogP contribution in [0.15, 0.2) is 35.7 Å². The molecule has 0 spiro atoms. The maximum atomic E-state index is 11.9. The van der Waals surface area contributed by atoms with Crippen LogP contribution in [-0.4, -0.2) is 10.9 Å². The van der Waals surface area contributed by atoms with Crippen molar-refractivity contribution < 1.29 is 4.79 Å². The molecule has 0 aliphatic heterocycles. The number of nitrogens with zero attached hydrogens (tertiary/aromatic N) is 2. The Labute approximate surface area is 114 Å². The number of carbonyl (C=O) groups excluding carboxylic acids is 1. The summed E-state index contributed by atoms with van der Waals surface area (Å²) in [5, 5.41) is 14.3. The first kappa shape index (κ1) is 11.9. The SMILES string of the molecule is N#CC1(C(=O)Nc2csc(-c3ccccc3)n2)CC1. The van der Waals surface area contributed by atoms with Crippen LogP contribution in [0.25, 0.3) is 10.6 Å². The summed E-state index contributed by atoms with van der Waals surface area (Å²) in [5.74, 6) is 0.287. The van der Waals surface area contributed by atoms with E-state index in [9.17, 15) is 4.79 Å². The largest absolute Gasteiger partial charge is 0.309 e. The number of amides is 1. The topological polar surface area (TPSA) is 65.8 Å². The van der Waals surface area contributed by atoms with Crippen molar-refractivity contribution in [2.45, 2.75) is 12.8 Å². The summed E-state index contributed by atoms with van der Waals surface area (Å²) in [7, 11) is 0. The van der Waals surface area contributed by atoms with Crippen molar-refractivity contribution in [2.75, 3.05) is 5.32 Å². The summed E-state index contributed by atoms with van der Waals surface area (Å²) >= 11 is 1.47. The molecule has 0 bridgehead atoms. The molecule has 1 aromatic carbocycles. The van der Waals surface area contributed by atoms with Crippen molar-refractivity contribution in [1.82, 2.24) is 4.98 Å². The first-order valence-electron chi connectivity index (χ1n) is 5.97. The Bertz CT molecular complexity index is 653. The van der Waals surface area contributed by atoms with Crippen LogP contribution in [0.3, 0.4) is 0 Å². The highest BCUT2D eigenvalue weighted by molar-refractivity contribution is 7.13. The molecule has 19 heavy (non-hydrogen) atoms. The van der Waals surface area contributed by atoms with E-state index in [0.29, 0.717) is 18.7 Å². The summed E-state index contributed by atoms with van der Waals surface area (Å²) in [4.78, 5) is 16.3. The van der Waals surface area contributed by atoms with Gasteiger partial charge in [-0.05, 0) is 12.8 Å². The molecule has 1 aromatic heterocycles. The summed E-state index contributed by atoms with van der Waals surface area (Å²) in [6, 6.07) is 11.9. The van der Waals surface area contributed by atoms with Gasteiger partial charge in [-0.15, -0.1) is 11.3 Å². The van der Waals surface area contributed by atoms with Crippen molar-refractivity contribution in [1.29, 1.82) is 5.26 Å². The highest BCUT2D eigenvalue weighted by Crippen LogP contribution is 2.45. The second-order valence-corrected chi connectivity index (χ2v) is 5.41. The average molecular weight is 269 g/mol.